The molecule has 4 nitrogen and oxygen atoms in total. The molecule has 0 aliphatic carbocycles. The first-order valence-corrected chi connectivity index (χ1v) is 7.60. The molecule has 2 atom stereocenters. The van der Waals surface area contributed by atoms with Crippen LogP contribution in [0.15, 0.2) is 24.3 Å². The lowest BCUT2D eigenvalue weighted by atomic mass is 9.99. The first-order chi connectivity index (χ1) is 9.95. The van der Waals surface area contributed by atoms with Crippen molar-refractivity contribution in [2.24, 2.45) is 5.73 Å². The number of rotatable bonds is 8. The first kappa shape index (κ1) is 17.7. The highest BCUT2D eigenvalue weighted by molar-refractivity contribution is 5.81. The van der Waals surface area contributed by atoms with Gasteiger partial charge in [-0.3, -0.25) is 4.79 Å². The average molecular weight is 292 g/mol. The van der Waals surface area contributed by atoms with Gasteiger partial charge in [0.15, 0.2) is 0 Å². The highest BCUT2D eigenvalue weighted by atomic mass is 16.5. The summed E-state index contributed by atoms with van der Waals surface area (Å²) in [5.74, 6) is 0.407. The molecule has 2 unspecified atom stereocenters. The maximum absolute atomic E-state index is 12.0. The molecule has 1 amide bonds. The Morgan fingerprint density at radius 1 is 1.19 bits per heavy atom. The summed E-state index contributed by atoms with van der Waals surface area (Å²) in [5.41, 5.74) is 8.27. The maximum atomic E-state index is 12.0. The molecular formula is C17H28N2O2. The summed E-state index contributed by atoms with van der Waals surface area (Å²) < 4.78 is 4.97. The van der Waals surface area contributed by atoms with E-state index in [9.17, 15) is 4.79 Å². The molecule has 1 aromatic rings. The van der Waals surface area contributed by atoms with E-state index in [1.165, 1.54) is 5.56 Å². The average Bonchev–Trinajstić information content (AvgIpc) is 2.47. The van der Waals surface area contributed by atoms with Crippen LogP contribution in [0.5, 0.6) is 0 Å². The third-order valence-electron chi connectivity index (χ3n) is 3.66. The molecule has 0 fully saturated rings. The molecule has 0 aromatic heterocycles. The second kappa shape index (κ2) is 8.80. The van der Waals surface area contributed by atoms with Gasteiger partial charge in [0.25, 0.3) is 0 Å². The second-order valence-electron chi connectivity index (χ2n) is 5.79. The summed E-state index contributed by atoms with van der Waals surface area (Å²) in [7, 11) is 1.65. The Morgan fingerprint density at radius 3 is 2.29 bits per heavy atom. The highest BCUT2D eigenvalue weighted by Gasteiger charge is 2.16. The van der Waals surface area contributed by atoms with Gasteiger partial charge in [0, 0.05) is 13.7 Å². The van der Waals surface area contributed by atoms with Crippen molar-refractivity contribution in [2.75, 3.05) is 13.7 Å². The van der Waals surface area contributed by atoms with Crippen LogP contribution in [0.4, 0.5) is 0 Å². The Labute approximate surface area is 128 Å². The molecule has 0 saturated carbocycles. The fourth-order valence-corrected chi connectivity index (χ4v) is 2.15. The van der Waals surface area contributed by atoms with Gasteiger partial charge in [-0.2, -0.15) is 0 Å². The van der Waals surface area contributed by atoms with E-state index in [1.807, 2.05) is 6.92 Å². The van der Waals surface area contributed by atoms with Crippen molar-refractivity contribution in [3.8, 4) is 0 Å². The Bertz CT molecular complexity index is 429. The van der Waals surface area contributed by atoms with Crippen molar-refractivity contribution in [3.05, 3.63) is 35.4 Å². The van der Waals surface area contributed by atoms with Gasteiger partial charge in [-0.15, -0.1) is 0 Å². The van der Waals surface area contributed by atoms with E-state index < -0.39 is 6.04 Å². The molecule has 118 valence electrons. The molecule has 1 rings (SSSR count). The van der Waals surface area contributed by atoms with Crippen LogP contribution in [-0.4, -0.2) is 25.7 Å². The summed E-state index contributed by atoms with van der Waals surface area (Å²) in [6.45, 7) is 6.94. The number of carbonyl (C=O) groups is 1. The van der Waals surface area contributed by atoms with E-state index in [1.54, 1.807) is 7.11 Å². The minimum Gasteiger partial charge on any atom is -0.385 e. The topological polar surface area (TPSA) is 64.3 Å². The van der Waals surface area contributed by atoms with Crippen LogP contribution < -0.4 is 11.1 Å². The predicted octanol–water partition coefficient (Wildman–Crippen LogP) is 2.74. The van der Waals surface area contributed by atoms with Gasteiger partial charge in [0.1, 0.15) is 0 Å². The number of methoxy groups -OCH3 is 1. The Kier molecular flexibility index (Phi) is 7.40. The van der Waals surface area contributed by atoms with E-state index in [2.05, 4.69) is 43.4 Å². The van der Waals surface area contributed by atoms with Gasteiger partial charge in [-0.25, -0.2) is 0 Å². The Balaban J connectivity index is 2.51. The van der Waals surface area contributed by atoms with Crippen molar-refractivity contribution >= 4 is 5.91 Å². The summed E-state index contributed by atoms with van der Waals surface area (Å²) in [6, 6.07) is 7.85. The predicted molar refractivity (Wildman–Crippen MR) is 86.2 cm³/mol. The molecule has 3 N–H and O–H groups in total. The number of ether oxygens (including phenoxy) is 1. The number of hydrogen-bond acceptors (Lipinski definition) is 3. The van der Waals surface area contributed by atoms with E-state index in [-0.39, 0.29) is 11.9 Å². The van der Waals surface area contributed by atoms with Crippen molar-refractivity contribution in [1.29, 1.82) is 0 Å². The largest absolute Gasteiger partial charge is 0.385 e. The van der Waals surface area contributed by atoms with Gasteiger partial charge in [0.2, 0.25) is 5.91 Å². The van der Waals surface area contributed by atoms with Crippen LogP contribution in [0, 0.1) is 0 Å². The minimum atomic E-state index is -0.475. The zero-order chi connectivity index (χ0) is 15.8. The molecule has 0 bridgehead atoms. The van der Waals surface area contributed by atoms with Gasteiger partial charge >= 0.3 is 0 Å². The Morgan fingerprint density at radius 2 is 1.76 bits per heavy atom. The normalized spacial score (nSPS) is 14.0. The molecule has 4 heteroatoms. The van der Waals surface area contributed by atoms with Crippen molar-refractivity contribution in [1.82, 2.24) is 5.32 Å². The molecule has 0 heterocycles. The van der Waals surface area contributed by atoms with Crippen LogP contribution in [0.3, 0.4) is 0 Å². The van der Waals surface area contributed by atoms with E-state index in [0.29, 0.717) is 18.9 Å². The van der Waals surface area contributed by atoms with Crippen molar-refractivity contribution in [3.63, 3.8) is 0 Å². The number of hydrogen-bond donors (Lipinski definition) is 2. The third-order valence-corrected chi connectivity index (χ3v) is 3.66. The minimum absolute atomic E-state index is 0.0350. The van der Waals surface area contributed by atoms with Gasteiger partial charge in [-0.1, -0.05) is 38.1 Å². The molecule has 1 aromatic carbocycles. The van der Waals surface area contributed by atoms with E-state index >= 15 is 0 Å². The zero-order valence-electron chi connectivity index (χ0n) is 13.6. The number of amides is 1. The van der Waals surface area contributed by atoms with Crippen LogP contribution in [-0.2, 0) is 9.53 Å². The fraction of sp³-hybridized carbons (Fsp3) is 0.588. The van der Waals surface area contributed by atoms with Crippen LogP contribution in [0.1, 0.15) is 56.7 Å². The number of nitrogens with one attached hydrogen (secondary N) is 1. The van der Waals surface area contributed by atoms with E-state index in [0.717, 1.165) is 12.0 Å². The zero-order valence-corrected chi connectivity index (χ0v) is 13.6. The lowest BCUT2D eigenvalue weighted by Gasteiger charge is -2.18. The molecule has 21 heavy (non-hydrogen) atoms. The lowest BCUT2D eigenvalue weighted by Crippen LogP contribution is -2.41. The number of benzene rings is 1. The van der Waals surface area contributed by atoms with Gasteiger partial charge in [0.05, 0.1) is 12.1 Å². The SMILES string of the molecule is COCCCC(N)C(=O)NC(C)c1ccc(C(C)C)cc1. The molecule has 0 aliphatic rings. The lowest BCUT2D eigenvalue weighted by molar-refractivity contribution is -0.123. The third kappa shape index (κ3) is 5.86. The van der Waals surface area contributed by atoms with Crippen molar-refractivity contribution < 1.29 is 9.53 Å². The van der Waals surface area contributed by atoms with E-state index in [4.69, 9.17) is 10.5 Å². The van der Waals surface area contributed by atoms with Gasteiger partial charge in [-0.05, 0) is 36.8 Å². The summed E-state index contributed by atoms with van der Waals surface area (Å²) >= 11 is 0. The molecule has 0 spiro atoms. The number of carbonyl (C=O) groups excluding carboxylic acids is 1. The molecule has 0 radical (unpaired) electrons. The molecular weight excluding hydrogens is 264 g/mol. The summed E-state index contributed by atoms with van der Waals surface area (Å²) in [4.78, 5) is 12.0. The number of nitrogens with two attached hydrogens (primary N) is 1. The monoisotopic (exact) mass is 292 g/mol. The second-order valence-corrected chi connectivity index (χ2v) is 5.79. The smallest absolute Gasteiger partial charge is 0.237 e. The fourth-order valence-electron chi connectivity index (χ4n) is 2.15. The standard InChI is InChI=1S/C17H28N2O2/c1-12(2)14-7-9-15(10-8-14)13(3)19-17(20)16(18)6-5-11-21-4/h7-10,12-13,16H,5-6,11,18H2,1-4H3,(H,19,20). The quantitative estimate of drug-likeness (QED) is 0.724. The van der Waals surface area contributed by atoms with Crippen LogP contribution >= 0.6 is 0 Å². The van der Waals surface area contributed by atoms with Crippen molar-refractivity contribution in [2.45, 2.75) is 51.6 Å². The van der Waals surface area contributed by atoms with Gasteiger partial charge < -0.3 is 15.8 Å². The summed E-state index contributed by atoms with van der Waals surface area (Å²) in [5, 5.41) is 2.97. The van der Waals surface area contributed by atoms with Crippen LogP contribution in [0.2, 0.25) is 0 Å². The molecule has 0 saturated heterocycles. The molecule has 0 aliphatic heterocycles. The maximum Gasteiger partial charge on any atom is 0.237 e. The summed E-state index contributed by atoms with van der Waals surface area (Å²) in [6.07, 6.45) is 1.43. The highest BCUT2D eigenvalue weighted by Crippen LogP contribution is 2.18. The van der Waals surface area contributed by atoms with Crippen LogP contribution in [0.25, 0.3) is 0 Å². The first-order valence-electron chi connectivity index (χ1n) is 7.60. The Hall–Kier alpha value is -1.39.